The highest BCUT2D eigenvalue weighted by atomic mass is 16.5. The van der Waals surface area contributed by atoms with Gasteiger partial charge in [0, 0.05) is 32.2 Å². The lowest BCUT2D eigenvalue weighted by Gasteiger charge is -2.36. The molecule has 0 aromatic heterocycles. The van der Waals surface area contributed by atoms with Gasteiger partial charge in [-0.05, 0) is 54.9 Å². The lowest BCUT2D eigenvalue weighted by Crippen LogP contribution is -2.45. The van der Waals surface area contributed by atoms with Gasteiger partial charge in [0.15, 0.2) is 0 Å². The second-order valence-corrected chi connectivity index (χ2v) is 8.53. The molecule has 2 aromatic rings. The molecule has 0 saturated carbocycles. The summed E-state index contributed by atoms with van der Waals surface area (Å²) in [6, 6.07) is 15.6. The Hall–Kier alpha value is -1.84. The highest BCUT2D eigenvalue weighted by Gasteiger charge is 2.23. The van der Waals surface area contributed by atoms with Crippen LogP contribution in [0.1, 0.15) is 55.0 Å². The molecule has 0 aliphatic carbocycles. The summed E-state index contributed by atoms with van der Waals surface area (Å²) in [6.45, 7) is 14.1. The van der Waals surface area contributed by atoms with E-state index in [1.54, 1.807) is 0 Å². The van der Waals surface area contributed by atoms with Crippen molar-refractivity contribution in [1.82, 2.24) is 10.2 Å². The molecule has 1 aliphatic heterocycles. The van der Waals surface area contributed by atoms with E-state index < -0.39 is 0 Å². The Morgan fingerprint density at radius 2 is 1.61 bits per heavy atom. The van der Waals surface area contributed by atoms with E-state index in [1.807, 2.05) is 6.07 Å². The molecule has 0 radical (unpaired) electrons. The second-order valence-electron chi connectivity index (χ2n) is 8.53. The van der Waals surface area contributed by atoms with Crippen LogP contribution in [-0.2, 0) is 6.61 Å². The molecule has 3 heteroatoms. The average molecular weight is 381 g/mol. The van der Waals surface area contributed by atoms with Crippen molar-refractivity contribution in [2.24, 2.45) is 5.92 Å². The number of hydrogen-bond donors (Lipinski definition) is 1. The lowest BCUT2D eigenvalue weighted by molar-refractivity contribution is 0.159. The van der Waals surface area contributed by atoms with E-state index in [4.69, 9.17) is 4.74 Å². The van der Waals surface area contributed by atoms with E-state index in [-0.39, 0.29) is 0 Å². The Morgan fingerprint density at radius 1 is 0.964 bits per heavy atom. The zero-order valence-corrected chi connectivity index (χ0v) is 18.0. The monoisotopic (exact) mass is 380 g/mol. The van der Waals surface area contributed by atoms with Crippen molar-refractivity contribution in [1.29, 1.82) is 0 Å². The third-order valence-corrected chi connectivity index (χ3v) is 5.70. The van der Waals surface area contributed by atoms with Gasteiger partial charge >= 0.3 is 0 Å². The summed E-state index contributed by atoms with van der Waals surface area (Å²) in [5.41, 5.74) is 5.15. The van der Waals surface area contributed by atoms with E-state index in [0.29, 0.717) is 12.6 Å². The largest absolute Gasteiger partial charge is 0.488 e. The summed E-state index contributed by atoms with van der Waals surface area (Å²) < 4.78 is 6.21. The van der Waals surface area contributed by atoms with E-state index in [0.717, 1.165) is 37.8 Å². The molecule has 1 heterocycles. The molecule has 0 spiro atoms. The fourth-order valence-electron chi connectivity index (χ4n) is 4.18. The molecule has 152 valence electrons. The number of ether oxygens (including phenoxy) is 1. The molecule has 3 nitrogen and oxygen atoms in total. The maximum atomic E-state index is 6.21. The van der Waals surface area contributed by atoms with Gasteiger partial charge in [0.1, 0.15) is 12.4 Å². The Balaban J connectivity index is 1.78. The highest BCUT2D eigenvalue weighted by Crippen LogP contribution is 2.33. The summed E-state index contributed by atoms with van der Waals surface area (Å²) in [5, 5.41) is 3.49. The number of aryl methyl sites for hydroxylation is 2. The Bertz CT molecular complexity index is 712. The third-order valence-electron chi connectivity index (χ3n) is 5.70. The van der Waals surface area contributed by atoms with Gasteiger partial charge in [0.25, 0.3) is 0 Å². The third kappa shape index (κ3) is 5.59. The van der Waals surface area contributed by atoms with E-state index in [9.17, 15) is 0 Å². The molecule has 1 fully saturated rings. The second kappa shape index (κ2) is 10.1. The van der Waals surface area contributed by atoms with Crippen molar-refractivity contribution in [2.45, 2.75) is 53.2 Å². The summed E-state index contributed by atoms with van der Waals surface area (Å²) >= 11 is 0. The van der Waals surface area contributed by atoms with Gasteiger partial charge in [0.2, 0.25) is 0 Å². The van der Waals surface area contributed by atoms with Gasteiger partial charge in [-0.2, -0.15) is 0 Å². The van der Waals surface area contributed by atoms with Crippen molar-refractivity contribution < 1.29 is 4.74 Å². The van der Waals surface area contributed by atoms with E-state index in [1.165, 1.54) is 35.1 Å². The maximum Gasteiger partial charge on any atom is 0.125 e. The van der Waals surface area contributed by atoms with Crippen LogP contribution in [0.4, 0.5) is 0 Å². The van der Waals surface area contributed by atoms with Crippen LogP contribution in [0.15, 0.2) is 42.5 Å². The smallest absolute Gasteiger partial charge is 0.125 e. The number of piperazine rings is 1. The Morgan fingerprint density at radius 3 is 2.21 bits per heavy atom. The molecule has 1 N–H and O–H groups in total. The summed E-state index contributed by atoms with van der Waals surface area (Å²) in [4.78, 5) is 2.66. The SMILES string of the molecule is Cc1cc([C@@H](CCC(C)C)N2CCNCC2)cc(C)c1OCc1ccccc1. The first-order chi connectivity index (χ1) is 13.5. The minimum atomic E-state index is 0.505. The van der Waals surface area contributed by atoms with Crippen LogP contribution in [0.25, 0.3) is 0 Å². The van der Waals surface area contributed by atoms with Crippen molar-refractivity contribution in [3.8, 4) is 5.75 Å². The standard InChI is InChI=1S/C25H36N2O/c1-19(2)10-11-24(27-14-12-26-13-15-27)23-16-20(3)25(21(4)17-23)28-18-22-8-6-5-7-9-22/h5-9,16-17,19,24,26H,10-15,18H2,1-4H3/t24-/m1/s1. The van der Waals surface area contributed by atoms with Crippen LogP contribution < -0.4 is 10.1 Å². The van der Waals surface area contributed by atoms with Crippen LogP contribution in [0.2, 0.25) is 0 Å². The number of benzene rings is 2. The van der Waals surface area contributed by atoms with Crippen molar-refractivity contribution in [2.75, 3.05) is 26.2 Å². The quantitative estimate of drug-likeness (QED) is 0.675. The Kier molecular flexibility index (Phi) is 7.52. The van der Waals surface area contributed by atoms with E-state index >= 15 is 0 Å². The first-order valence-electron chi connectivity index (χ1n) is 10.8. The number of nitrogens with zero attached hydrogens (tertiary/aromatic N) is 1. The first-order valence-corrected chi connectivity index (χ1v) is 10.8. The van der Waals surface area contributed by atoms with Gasteiger partial charge in [0.05, 0.1) is 0 Å². The minimum Gasteiger partial charge on any atom is -0.488 e. The molecule has 0 amide bonds. The molecule has 1 atom stereocenters. The fraction of sp³-hybridized carbons (Fsp3) is 0.520. The topological polar surface area (TPSA) is 24.5 Å². The van der Waals surface area contributed by atoms with Crippen LogP contribution in [-0.4, -0.2) is 31.1 Å². The van der Waals surface area contributed by atoms with Gasteiger partial charge in [-0.15, -0.1) is 0 Å². The zero-order valence-electron chi connectivity index (χ0n) is 18.0. The highest BCUT2D eigenvalue weighted by molar-refractivity contribution is 5.44. The molecular formula is C25H36N2O. The van der Waals surface area contributed by atoms with Crippen molar-refractivity contribution >= 4 is 0 Å². The minimum absolute atomic E-state index is 0.505. The predicted molar refractivity (Wildman–Crippen MR) is 118 cm³/mol. The van der Waals surface area contributed by atoms with Gasteiger partial charge in [-0.3, -0.25) is 4.90 Å². The molecule has 28 heavy (non-hydrogen) atoms. The Labute approximate surface area is 171 Å². The summed E-state index contributed by atoms with van der Waals surface area (Å²) in [7, 11) is 0. The number of nitrogens with one attached hydrogen (secondary N) is 1. The molecular weight excluding hydrogens is 344 g/mol. The first kappa shape index (κ1) is 20.9. The molecule has 1 saturated heterocycles. The maximum absolute atomic E-state index is 6.21. The van der Waals surface area contributed by atoms with Crippen LogP contribution in [0.3, 0.4) is 0 Å². The van der Waals surface area contributed by atoms with Crippen molar-refractivity contribution in [3.63, 3.8) is 0 Å². The van der Waals surface area contributed by atoms with E-state index in [2.05, 4.69) is 74.3 Å². The lowest BCUT2D eigenvalue weighted by atomic mass is 9.93. The fourth-order valence-corrected chi connectivity index (χ4v) is 4.18. The normalized spacial score (nSPS) is 16.3. The van der Waals surface area contributed by atoms with Crippen LogP contribution in [0, 0.1) is 19.8 Å². The molecule has 3 rings (SSSR count). The van der Waals surface area contributed by atoms with Crippen LogP contribution in [0.5, 0.6) is 5.75 Å². The van der Waals surface area contributed by atoms with Gasteiger partial charge < -0.3 is 10.1 Å². The number of hydrogen-bond acceptors (Lipinski definition) is 3. The summed E-state index contributed by atoms with van der Waals surface area (Å²) in [6.07, 6.45) is 2.49. The number of rotatable bonds is 8. The molecule has 0 unspecified atom stereocenters. The summed E-state index contributed by atoms with van der Waals surface area (Å²) in [5.74, 6) is 1.77. The molecule has 1 aliphatic rings. The van der Waals surface area contributed by atoms with Gasteiger partial charge in [-0.25, -0.2) is 0 Å². The van der Waals surface area contributed by atoms with Crippen LogP contribution >= 0.6 is 0 Å². The molecule has 0 bridgehead atoms. The molecule has 2 aromatic carbocycles. The van der Waals surface area contributed by atoms with Crippen molar-refractivity contribution in [3.05, 3.63) is 64.7 Å². The zero-order chi connectivity index (χ0) is 19.9. The van der Waals surface area contributed by atoms with Gasteiger partial charge in [-0.1, -0.05) is 56.3 Å². The average Bonchev–Trinajstić information content (AvgIpc) is 2.69. The predicted octanol–water partition coefficient (Wildman–Crippen LogP) is 5.26.